The summed E-state index contributed by atoms with van der Waals surface area (Å²) in [4.78, 5) is 2.43. The molecule has 0 saturated heterocycles. The lowest BCUT2D eigenvalue weighted by molar-refractivity contribution is 1.30. The maximum absolute atomic E-state index is 2.43. The lowest BCUT2D eigenvalue weighted by Crippen LogP contribution is -2.12. The van der Waals surface area contributed by atoms with Crippen LogP contribution in [0, 0.1) is 0 Å². The van der Waals surface area contributed by atoms with Gasteiger partial charge >= 0.3 is 0 Å². The van der Waals surface area contributed by atoms with Gasteiger partial charge in [-0.2, -0.15) is 0 Å². The van der Waals surface area contributed by atoms with E-state index in [-0.39, 0.29) is 0 Å². The number of rotatable bonds is 6. The third-order valence-corrected chi connectivity index (χ3v) is 9.39. The second kappa shape index (κ2) is 11.3. The van der Waals surface area contributed by atoms with Crippen LogP contribution in [-0.4, -0.2) is 0 Å². The van der Waals surface area contributed by atoms with E-state index in [2.05, 4.69) is 193 Å². The van der Waals surface area contributed by atoms with Gasteiger partial charge in [0.15, 0.2) is 0 Å². The van der Waals surface area contributed by atoms with Crippen molar-refractivity contribution in [1.29, 1.82) is 0 Å². The van der Waals surface area contributed by atoms with E-state index in [0.29, 0.717) is 0 Å². The average molecular weight is 598 g/mol. The van der Waals surface area contributed by atoms with Crippen molar-refractivity contribution in [1.82, 2.24) is 0 Å². The molecule has 47 heavy (non-hydrogen) atoms. The minimum Gasteiger partial charge on any atom is -0.310 e. The van der Waals surface area contributed by atoms with Crippen molar-refractivity contribution < 1.29 is 0 Å². The summed E-state index contributed by atoms with van der Waals surface area (Å²) in [6.07, 6.45) is 0. The van der Waals surface area contributed by atoms with Gasteiger partial charge in [-0.15, -0.1) is 0 Å². The second-order valence-corrected chi connectivity index (χ2v) is 12.1. The van der Waals surface area contributed by atoms with Crippen LogP contribution in [0.4, 0.5) is 17.1 Å². The summed E-state index contributed by atoms with van der Waals surface area (Å²) in [5.74, 6) is 0. The Morgan fingerprint density at radius 3 is 1.32 bits per heavy atom. The molecule has 0 atom stereocenters. The lowest BCUT2D eigenvalue weighted by Gasteiger charge is -2.34. The van der Waals surface area contributed by atoms with E-state index in [1.165, 1.54) is 66.4 Å². The maximum Gasteiger partial charge on any atom is 0.0546 e. The normalized spacial score (nSPS) is 11.4. The predicted molar refractivity (Wildman–Crippen MR) is 199 cm³/mol. The van der Waals surface area contributed by atoms with Gasteiger partial charge in [0.1, 0.15) is 0 Å². The molecule has 9 rings (SSSR count). The second-order valence-electron chi connectivity index (χ2n) is 12.1. The van der Waals surface area contributed by atoms with Gasteiger partial charge in [-0.1, -0.05) is 158 Å². The first-order valence-electron chi connectivity index (χ1n) is 16.2. The highest BCUT2D eigenvalue weighted by Crippen LogP contribution is 2.60. The van der Waals surface area contributed by atoms with Gasteiger partial charge in [-0.3, -0.25) is 0 Å². The van der Waals surface area contributed by atoms with Crippen LogP contribution in [0.5, 0.6) is 0 Å². The third kappa shape index (κ3) is 4.47. The van der Waals surface area contributed by atoms with E-state index in [0.717, 1.165) is 17.1 Å². The summed E-state index contributed by atoms with van der Waals surface area (Å²) in [5.41, 5.74) is 16.2. The molecule has 1 heteroatoms. The van der Waals surface area contributed by atoms with E-state index < -0.39 is 0 Å². The van der Waals surface area contributed by atoms with Crippen molar-refractivity contribution in [3.05, 3.63) is 188 Å². The summed E-state index contributed by atoms with van der Waals surface area (Å²) in [6.45, 7) is 0. The summed E-state index contributed by atoms with van der Waals surface area (Å²) in [6, 6.07) is 67.9. The Morgan fingerprint density at radius 2 is 0.723 bits per heavy atom. The first kappa shape index (κ1) is 27.2. The number of hydrogen-bond acceptors (Lipinski definition) is 1. The molecule has 0 heterocycles. The maximum atomic E-state index is 2.43. The van der Waals surface area contributed by atoms with Gasteiger partial charge in [0.25, 0.3) is 0 Å². The summed E-state index contributed by atoms with van der Waals surface area (Å²) >= 11 is 0. The van der Waals surface area contributed by atoms with Crippen LogP contribution >= 0.6 is 0 Å². The Kier molecular flexibility index (Phi) is 6.54. The molecule has 1 aliphatic rings. The van der Waals surface area contributed by atoms with Crippen molar-refractivity contribution >= 4 is 27.8 Å². The van der Waals surface area contributed by atoms with Gasteiger partial charge in [0.05, 0.1) is 5.69 Å². The van der Waals surface area contributed by atoms with Crippen LogP contribution in [0.2, 0.25) is 0 Å². The fraction of sp³-hybridized carbons (Fsp3) is 0. The Morgan fingerprint density at radius 1 is 0.277 bits per heavy atom. The molecule has 0 saturated carbocycles. The van der Waals surface area contributed by atoms with Crippen LogP contribution < -0.4 is 4.90 Å². The molecule has 1 aliphatic carbocycles. The summed E-state index contributed by atoms with van der Waals surface area (Å²) in [7, 11) is 0. The highest BCUT2D eigenvalue weighted by atomic mass is 15.1. The zero-order valence-electron chi connectivity index (χ0n) is 25.8. The zero-order chi connectivity index (χ0) is 31.2. The van der Waals surface area contributed by atoms with Gasteiger partial charge in [-0.05, 0) is 85.8 Å². The van der Waals surface area contributed by atoms with Crippen LogP contribution in [0.3, 0.4) is 0 Å². The number of benzene rings is 8. The topological polar surface area (TPSA) is 3.24 Å². The number of anilines is 3. The molecule has 0 aromatic heterocycles. The molecule has 0 bridgehead atoms. The van der Waals surface area contributed by atoms with E-state index in [1.807, 2.05) is 0 Å². The number of para-hydroxylation sites is 1. The molecule has 8 aromatic carbocycles. The van der Waals surface area contributed by atoms with Gasteiger partial charge < -0.3 is 4.90 Å². The van der Waals surface area contributed by atoms with Gasteiger partial charge in [0, 0.05) is 22.3 Å². The summed E-state index contributed by atoms with van der Waals surface area (Å²) in [5, 5.41) is 2.50. The highest BCUT2D eigenvalue weighted by Gasteiger charge is 2.33. The largest absolute Gasteiger partial charge is 0.310 e. The van der Waals surface area contributed by atoms with Crippen molar-refractivity contribution in [3.8, 4) is 55.6 Å². The van der Waals surface area contributed by atoms with E-state index in [9.17, 15) is 0 Å². The number of hydrogen-bond donors (Lipinski definition) is 0. The van der Waals surface area contributed by atoms with Crippen LogP contribution in [0.25, 0.3) is 66.4 Å². The van der Waals surface area contributed by atoms with Crippen molar-refractivity contribution in [2.75, 3.05) is 4.90 Å². The van der Waals surface area contributed by atoms with Crippen molar-refractivity contribution in [3.63, 3.8) is 0 Å². The molecular formula is C46H31N. The highest BCUT2D eigenvalue weighted by molar-refractivity contribution is 6.27. The minimum atomic E-state index is 1.12. The quantitative estimate of drug-likeness (QED) is 0.184. The Balaban J connectivity index is 1.38. The third-order valence-electron chi connectivity index (χ3n) is 9.39. The lowest BCUT2D eigenvalue weighted by atomic mass is 9.70. The molecule has 0 unspecified atom stereocenters. The summed E-state index contributed by atoms with van der Waals surface area (Å²) < 4.78 is 0. The molecule has 220 valence electrons. The first-order valence-corrected chi connectivity index (χ1v) is 16.2. The molecule has 0 fully saturated rings. The monoisotopic (exact) mass is 597 g/mol. The fourth-order valence-electron chi connectivity index (χ4n) is 7.34. The molecule has 0 spiro atoms. The first-order chi connectivity index (χ1) is 23.4. The molecule has 0 N–H and O–H groups in total. The Labute approximate surface area is 275 Å². The SMILES string of the molecule is c1ccc(-c2ccc(N(c3ccccc3)c3cccc4c(-c5ccccc5)c5c(c(-c6ccccc6)c34)-c3ccccc3-5)cc2)cc1. The minimum absolute atomic E-state index is 1.12. The smallest absolute Gasteiger partial charge is 0.0546 e. The molecule has 0 amide bonds. The molecular weight excluding hydrogens is 567 g/mol. The number of nitrogens with zero attached hydrogens (tertiary/aromatic N) is 1. The molecule has 0 aliphatic heterocycles. The molecule has 0 radical (unpaired) electrons. The van der Waals surface area contributed by atoms with Gasteiger partial charge in [-0.25, -0.2) is 0 Å². The van der Waals surface area contributed by atoms with Crippen LogP contribution in [-0.2, 0) is 0 Å². The Bertz CT molecular complexity index is 2360. The van der Waals surface area contributed by atoms with Crippen LogP contribution in [0.1, 0.15) is 0 Å². The predicted octanol–water partition coefficient (Wildman–Crippen LogP) is 13.0. The molecule has 1 nitrogen and oxygen atoms in total. The van der Waals surface area contributed by atoms with Crippen LogP contribution in [0.15, 0.2) is 188 Å². The van der Waals surface area contributed by atoms with Crippen molar-refractivity contribution in [2.45, 2.75) is 0 Å². The number of fused-ring (bicyclic) bond motifs is 5. The standard InChI is InChI=1S/C46H31N/c1-5-16-32(17-6-1)33-28-30-37(31-29-33)47(36-22-11-4-12-23-36)41-27-15-26-40-42(34-18-7-2-8-19-34)45-38-24-13-14-25-39(38)46(45)43(44(40)41)35-20-9-3-10-21-35/h1-31H. The van der Waals surface area contributed by atoms with E-state index in [1.54, 1.807) is 0 Å². The zero-order valence-corrected chi connectivity index (χ0v) is 25.8. The van der Waals surface area contributed by atoms with Crippen molar-refractivity contribution in [2.24, 2.45) is 0 Å². The van der Waals surface area contributed by atoms with E-state index >= 15 is 0 Å². The van der Waals surface area contributed by atoms with E-state index in [4.69, 9.17) is 0 Å². The average Bonchev–Trinajstić information content (AvgIpc) is 3.15. The molecule has 8 aromatic rings. The fourth-order valence-corrected chi connectivity index (χ4v) is 7.34. The van der Waals surface area contributed by atoms with Gasteiger partial charge in [0.2, 0.25) is 0 Å². The Hall–Kier alpha value is -6.18.